The van der Waals surface area contributed by atoms with Gasteiger partial charge in [-0.25, -0.2) is 0 Å². The van der Waals surface area contributed by atoms with E-state index in [1.54, 1.807) is 0 Å². The summed E-state index contributed by atoms with van der Waals surface area (Å²) in [6.07, 6.45) is 4.62. The fraction of sp³-hybridized carbons (Fsp3) is 0.800. The van der Waals surface area contributed by atoms with Crippen molar-refractivity contribution in [3.63, 3.8) is 0 Å². The van der Waals surface area contributed by atoms with Crippen molar-refractivity contribution >= 4 is 0 Å². The number of hydrogen-bond acceptors (Lipinski definition) is 1. The van der Waals surface area contributed by atoms with Crippen LogP contribution in [-0.2, 0) is 0 Å². The maximum absolute atomic E-state index is 9.12. The Balaban J connectivity index is 2.52. The number of rotatable bonds is 2. The number of aliphatic hydroxyl groups is 1. The van der Waals surface area contributed by atoms with Gasteiger partial charge in [-0.3, -0.25) is 0 Å². The second-order valence-corrected chi connectivity index (χ2v) is 4.33. The Morgan fingerprint density at radius 3 is 2.64 bits per heavy atom. The first kappa shape index (κ1) is 8.79. The molecular weight excluding hydrogens is 136 g/mol. The topological polar surface area (TPSA) is 20.2 Å². The third kappa shape index (κ3) is 1.84. The van der Waals surface area contributed by atoms with Gasteiger partial charge in [0.15, 0.2) is 0 Å². The molecule has 0 saturated carbocycles. The van der Waals surface area contributed by atoms with E-state index in [0.717, 1.165) is 6.42 Å². The summed E-state index contributed by atoms with van der Waals surface area (Å²) in [5.41, 5.74) is 1.59. The van der Waals surface area contributed by atoms with Crippen molar-refractivity contribution in [2.75, 3.05) is 6.61 Å². The van der Waals surface area contributed by atoms with Gasteiger partial charge in [-0.05, 0) is 31.1 Å². The molecule has 0 aromatic carbocycles. The number of aliphatic hydroxyl groups excluding tert-OH is 1. The minimum Gasteiger partial charge on any atom is -0.396 e. The first-order valence-electron chi connectivity index (χ1n) is 4.33. The predicted molar refractivity (Wildman–Crippen MR) is 47.3 cm³/mol. The van der Waals surface area contributed by atoms with Gasteiger partial charge in [-0.2, -0.15) is 0 Å². The lowest BCUT2D eigenvalue weighted by atomic mass is 9.78. The Morgan fingerprint density at radius 2 is 2.27 bits per heavy atom. The van der Waals surface area contributed by atoms with Crippen molar-refractivity contribution in [1.82, 2.24) is 0 Å². The molecule has 1 atom stereocenters. The molecule has 0 saturated heterocycles. The molecule has 0 fully saturated rings. The largest absolute Gasteiger partial charge is 0.396 e. The van der Waals surface area contributed by atoms with Crippen LogP contribution < -0.4 is 0 Å². The van der Waals surface area contributed by atoms with Crippen molar-refractivity contribution in [2.45, 2.75) is 33.6 Å². The van der Waals surface area contributed by atoms with Crippen molar-refractivity contribution in [2.24, 2.45) is 11.3 Å². The van der Waals surface area contributed by atoms with Crippen LogP contribution in [0.15, 0.2) is 11.6 Å². The lowest BCUT2D eigenvalue weighted by molar-refractivity contribution is 0.101. The monoisotopic (exact) mass is 154 g/mol. The highest BCUT2D eigenvalue weighted by atomic mass is 16.3. The number of allylic oxidation sites excluding steroid dienone is 2. The average molecular weight is 154 g/mol. The molecule has 1 N–H and O–H groups in total. The van der Waals surface area contributed by atoms with Gasteiger partial charge >= 0.3 is 0 Å². The second kappa shape index (κ2) is 2.98. The van der Waals surface area contributed by atoms with E-state index in [0.29, 0.717) is 12.5 Å². The van der Waals surface area contributed by atoms with Gasteiger partial charge in [0.25, 0.3) is 0 Å². The van der Waals surface area contributed by atoms with Gasteiger partial charge < -0.3 is 5.11 Å². The molecule has 1 aliphatic carbocycles. The Bertz CT molecular complexity index is 168. The van der Waals surface area contributed by atoms with Crippen LogP contribution in [0.3, 0.4) is 0 Å². The van der Waals surface area contributed by atoms with E-state index in [-0.39, 0.29) is 5.41 Å². The molecule has 0 radical (unpaired) electrons. The SMILES string of the molecule is CC1=CCC(C(C)(C)CO)C1. The highest BCUT2D eigenvalue weighted by Gasteiger charge is 2.30. The summed E-state index contributed by atoms with van der Waals surface area (Å²) in [6, 6.07) is 0. The Morgan fingerprint density at radius 1 is 1.64 bits per heavy atom. The molecule has 1 rings (SSSR count). The van der Waals surface area contributed by atoms with Crippen molar-refractivity contribution in [3.8, 4) is 0 Å². The summed E-state index contributed by atoms with van der Waals surface area (Å²) in [7, 11) is 0. The number of hydrogen-bond donors (Lipinski definition) is 1. The van der Waals surface area contributed by atoms with Gasteiger partial charge in [0.2, 0.25) is 0 Å². The van der Waals surface area contributed by atoms with Crippen LogP contribution in [0.25, 0.3) is 0 Å². The molecule has 0 amide bonds. The molecule has 0 heterocycles. The highest BCUT2D eigenvalue weighted by Crippen LogP contribution is 2.38. The van der Waals surface area contributed by atoms with E-state index in [1.165, 1.54) is 12.0 Å². The lowest BCUT2D eigenvalue weighted by Crippen LogP contribution is -2.26. The molecule has 0 aromatic rings. The van der Waals surface area contributed by atoms with Gasteiger partial charge in [0.1, 0.15) is 0 Å². The van der Waals surface area contributed by atoms with Gasteiger partial charge in [-0.1, -0.05) is 25.5 Å². The van der Waals surface area contributed by atoms with Crippen LogP contribution in [0.2, 0.25) is 0 Å². The molecule has 1 heteroatoms. The first-order valence-corrected chi connectivity index (χ1v) is 4.33. The molecule has 11 heavy (non-hydrogen) atoms. The fourth-order valence-electron chi connectivity index (χ4n) is 1.62. The van der Waals surface area contributed by atoms with Gasteiger partial charge in [0, 0.05) is 6.61 Å². The zero-order valence-electron chi connectivity index (χ0n) is 7.72. The molecule has 0 aromatic heterocycles. The Kier molecular flexibility index (Phi) is 2.38. The summed E-state index contributed by atoms with van der Waals surface area (Å²) in [5.74, 6) is 0.660. The molecular formula is C10H18O. The van der Waals surface area contributed by atoms with Crippen LogP contribution >= 0.6 is 0 Å². The van der Waals surface area contributed by atoms with Crippen LogP contribution in [-0.4, -0.2) is 11.7 Å². The molecule has 1 aliphatic rings. The quantitative estimate of drug-likeness (QED) is 0.605. The molecule has 0 aliphatic heterocycles. The normalized spacial score (nSPS) is 25.5. The zero-order chi connectivity index (χ0) is 8.48. The van der Waals surface area contributed by atoms with Crippen LogP contribution in [0.5, 0.6) is 0 Å². The van der Waals surface area contributed by atoms with Gasteiger partial charge in [-0.15, -0.1) is 0 Å². The van der Waals surface area contributed by atoms with Crippen LogP contribution in [0.4, 0.5) is 0 Å². The maximum Gasteiger partial charge on any atom is 0.0485 e. The lowest BCUT2D eigenvalue weighted by Gasteiger charge is -2.29. The Labute approximate surface area is 69.1 Å². The third-order valence-corrected chi connectivity index (χ3v) is 2.83. The average Bonchev–Trinajstić information content (AvgIpc) is 2.36. The van der Waals surface area contributed by atoms with Crippen molar-refractivity contribution < 1.29 is 5.11 Å². The van der Waals surface area contributed by atoms with E-state index in [9.17, 15) is 0 Å². The smallest absolute Gasteiger partial charge is 0.0485 e. The summed E-state index contributed by atoms with van der Waals surface area (Å²) in [4.78, 5) is 0. The highest BCUT2D eigenvalue weighted by molar-refractivity contribution is 5.09. The van der Waals surface area contributed by atoms with Crippen molar-refractivity contribution in [3.05, 3.63) is 11.6 Å². The van der Waals surface area contributed by atoms with E-state index in [1.807, 2.05) is 0 Å². The van der Waals surface area contributed by atoms with Crippen LogP contribution in [0.1, 0.15) is 33.6 Å². The van der Waals surface area contributed by atoms with Gasteiger partial charge in [0.05, 0.1) is 0 Å². The Hall–Kier alpha value is -0.300. The van der Waals surface area contributed by atoms with Crippen LogP contribution in [0, 0.1) is 11.3 Å². The first-order chi connectivity index (χ1) is 5.06. The zero-order valence-corrected chi connectivity index (χ0v) is 7.72. The van der Waals surface area contributed by atoms with E-state index in [4.69, 9.17) is 5.11 Å². The minimum atomic E-state index is 0.105. The molecule has 0 spiro atoms. The third-order valence-electron chi connectivity index (χ3n) is 2.83. The van der Waals surface area contributed by atoms with E-state index >= 15 is 0 Å². The molecule has 64 valence electrons. The van der Waals surface area contributed by atoms with E-state index < -0.39 is 0 Å². The molecule has 1 unspecified atom stereocenters. The summed E-state index contributed by atoms with van der Waals surface area (Å²) in [6.45, 7) is 6.76. The standard InChI is InChI=1S/C10H18O/c1-8-4-5-9(6-8)10(2,3)7-11/h4,9,11H,5-7H2,1-3H3. The summed E-state index contributed by atoms with van der Waals surface area (Å²) in [5, 5.41) is 9.12. The van der Waals surface area contributed by atoms with Crippen molar-refractivity contribution in [1.29, 1.82) is 0 Å². The summed E-state index contributed by atoms with van der Waals surface area (Å²) < 4.78 is 0. The molecule has 1 nitrogen and oxygen atoms in total. The summed E-state index contributed by atoms with van der Waals surface area (Å²) >= 11 is 0. The minimum absolute atomic E-state index is 0.105. The second-order valence-electron chi connectivity index (χ2n) is 4.33. The maximum atomic E-state index is 9.12. The predicted octanol–water partition coefficient (Wildman–Crippen LogP) is 2.36. The fourth-order valence-corrected chi connectivity index (χ4v) is 1.62. The molecule has 0 bridgehead atoms. The van der Waals surface area contributed by atoms with E-state index in [2.05, 4.69) is 26.8 Å².